The zero-order chi connectivity index (χ0) is 15.0. The highest BCUT2D eigenvalue weighted by Crippen LogP contribution is 2.09. The van der Waals surface area contributed by atoms with Gasteiger partial charge < -0.3 is 14.8 Å². The lowest BCUT2D eigenvalue weighted by Gasteiger charge is -2.19. The maximum Gasteiger partial charge on any atom is 0.257 e. The van der Waals surface area contributed by atoms with E-state index in [9.17, 15) is 8.42 Å². The van der Waals surface area contributed by atoms with Crippen LogP contribution in [0.2, 0.25) is 0 Å². The Labute approximate surface area is 130 Å². The van der Waals surface area contributed by atoms with Crippen LogP contribution in [0.1, 0.15) is 19.8 Å². The molecule has 1 rings (SSSR count). The molecule has 0 spiro atoms. The van der Waals surface area contributed by atoms with E-state index in [1.165, 1.54) is 5.41 Å². The van der Waals surface area contributed by atoms with E-state index in [4.69, 9.17) is 33.3 Å². The van der Waals surface area contributed by atoms with Crippen molar-refractivity contribution in [1.29, 1.82) is 0 Å². The van der Waals surface area contributed by atoms with Crippen LogP contribution in [-0.2, 0) is 19.3 Å². The van der Waals surface area contributed by atoms with Crippen molar-refractivity contribution in [2.24, 2.45) is 0 Å². The van der Waals surface area contributed by atoms with Gasteiger partial charge in [-0.2, -0.15) is 0 Å². The van der Waals surface area contributed by atoms with E-state index < -0.39 is 9.84 Å². The van der Waals surface area contributed by atoms with E-state index in [1.807, 2.05) is 6.92 Å². The van der Waals surface area contributed by atoms with Crippen LogP contribution < -0.4 is 5.32 Å². The molecule has 0 bridgehead atoms. The van der Waals surface area contributed by atoms with Crippen molar-refractivity contribution in [2.75, 3.05) is 24.8 Å². The van der Waals surface area contributed by atoms with Crippen molar-refractivity contribution in [3.8, 4) is 0 Å². The van der Waals surface area contributed by atoms with Crippen molar-refractivity contribution < 1.29 is 17.9 Å². The van der Waals surface area contributed by atoms with Crippen molar-refractivity contribution >= 4 is 38.8 Å². The fourth-order valence-corrected chi connectivity index (χ4v) is 3.37. The second-order valence-electron chi connectivity index (χ2n) is 4.49. The number of halogens is 1. The molecule has 0 radical (unpaired) electrons. The van der Waals surface area contributed by atoms with Crippen LogP contribution >= 0.6 is 23.8 Å². The number of alkyl halides is 1. The van der Waals surface area contributed by atoms with E-state index in [-0.39, 0.29) is 23.1 Å². The Hall–Kier alpha value is -0.370. The predicted octanol–water partition coefficient (Wildman–Crippen LogP) is 1.61. The second kappa shape index (κ2) is 8.81. The number of sulfone groups is 1. The molecule has 116 valence electrons. The second-order valence-corrected chi connectivity index (χ2v) is 7.10. The maximum atomic E-state index is 11.3. The van der Waals surface area contributed by atoms with Gasteiger partial charge >= 0.3 is 0 Å². The summed E-state index contributed by atoms with van der Waals surface area (Å²) in [5, 5.41) is 4.19. The van der Waals surface area contributed by atoms with E-state index in [0.29, 0.717) is 25.5 Å². The van der Waals surface area contributed by atoms with Gasteiger partial charge in [0, 0.05) is 18.4 Å². The SMILES string of the molecule is CCCOCCC(CCl)OC(=S)NC1C=CS(=O)(=O)C1. The number of hydrogen-bond donors (Lipinski definition) is 1. The van der Waals surface area contributed by atoms with Gasteiger partial charge in [-0.3, -0.25) is 0 Å². The minimum atomic E-state index is -3.10. The molecule has 0 aromatic heterocycles. The summed E-state index contributed by atoms with van der Waals surface area (Å²) in [6.07, 6.45) is 2.93. The minimum Gasteiger partial charge on any atom is -0.466 e. The molecule has 8 heteroatoms. The van der Waals surface area contributed by atoms with E-state index in [0.717, 1.165) is 6.42 Å². The fraction of sp³-hybridized carbons (Fsp3) is 0.750. The molecule has 1 heterocycles. The molecule has 0 saturated heterocycles. The van der Waals surface area contributed by atoms with Crippen molar-refractivity contribution in [3.63, 3.8) is 0 Å². The van der Waals surface area contributed by atoms with Gasteiger partial charge in [-0.15, -0.1) is 11.6 Å². The Morgan fingerprint density at radius 1 is 1.55 bits per heavy atom. The molecule has 0 amide bonds. The standard InChI is InChI=1S/C12H20ClNO4S2/c1-2-5-17-6-3-11(8-13)18-12(19)14-10-4-7-20(15,16)9-10/h4,7,10-11H,2-3,5-6,8-9H2,1H3,(H,14,19). The van der Waals surface area contributed by atoms with Gasteiger partial charge in [0.2, 0.25) is 0 Å². The molecule has 0 fully saturated rings. The van der Waals surface area contributed by atoms with E-state index >= 15 is 0 Å². The quantitative estimate of drug-likeness (QED) is 0.411. The Morgan fingerprint density at radius 2 is 2.30 bits per heavy atom. The first-order valence-corrected chi connectivity index (χ1v) is 9.14. The van der Waals surface area contributed by atoms with Crippen LogP contribution in [0.25, 0.3) is 0 Å². The third-order valence-corrected chi connectivity index (χ3v) is 4.57. The molecule has 1 aliphatic rings. The summed E-state index contributed by atoms with van der Waals surface area (Å²) in [4.78, 5) is 0. The Morgan fingerprint density at radius 3 is 2.85 bits per heavy atom. The summed E-state index contributed by atoms with van der Waals surface area (Å²) < 4.78 is 33.4. The van der Waals surface area contributed by atoms with Gasteiger partial charge in [-0.1, -0.05) is 6.92 Å². The Balaban J connectivity index is 2.27. The first-order chi connectivity index (χ1) is 9.46. The zero-order valence-electron chi connectivity index (χ0n) is 11.4. The molecule has 5 nitrogen and oxygen atoms in total. The number of ether oxygens (including phenoxy) is 2. The number of hydrogen-bond acceptors (Lipinski definition) is 5. The first kappa shape index (κ1) is 17.7. The highest BCUT2D eigenvalue weighted by atomic mass is 35.5. The fourth-order valence-electron chi connectivity index (χ4n) is 1.63. The van der Waals surface area contributed by atoms with Crippen molar-refractivity contribution in [1.82, 2.24) is 5.32 Å². The highest BCUT2D eigenvalue weighted by Gasteiger charge is 2.23. The molecule has 0 aliphatic carbocycles. The molecule has 0 aromatic carbocycles. The summed E-state index contributed by atoms with van der Waals surface area (Å²) >= 11 is 10.9. The monoisotopic (exact) mass is 341 g/mol. The maximum absolute atomic E-state index is 11.3. The smallest absolute Gasteiger partial charge is 0.257 e. The molecular formula is C12H20ClNO4S2. The lowest BCUT2D eigenvalue weighted by Crippen LogP contribution is -2.38. The van der Waals surface area contributed by atoms with Crippen LogP contribution in [0.5, 0.6) is 0 Å². The summed E-state index contributed by atoms with van der Waals surface area (Å²) in [5.41, 5.74) is 0. The van der Waals surface area contributed by atoms with E-state index in [2.05, 4.69) is 5.32 Å². The predicted molar refractivity (Wildman–Crippen MR) is 83.8 cm³/mol. The third kappa shape index (κ3) is 6.88. The van der Waals surface area contributed by atoms with E-state index in [1.54, 1.807) is 6.08 Å². The van der Waals surface area contributed by atoms with Crippen LogP contribution in [0.3, 0.4) is 0 Å². The van der Waals surface area contributed by atoms with Gasteiger partial charge in [0.15, 0.2) is 9.84 Å². The third-order valence-electron chi connectivity index (χ3n) is 2.61. The van der Waals surface area contributed by atoms with Gasteiger partial charge in [-0.25, -0.2) is 8.42 Å². The molecular weight excluding hydrogens is 322 g/mol. The molecule has 2 atom stereocenters. The van der Waals surface area contributed by atoms with Gasteiger partial charge in [0.05, 0.1) is 24.3 Å². The van der Waals surface area contributed by atoms with Crippen LogP contribution in [0.15, 0.2) is 11.5 Å². The van der Waals surface area contributed by atoms with Gasteiger partial charge in [-0.05, 0) is 24.7 Å². The number of thiocarbonyl (C=S) groups is 1. The average molecular weight is 342 g/mol. The number of nitrogens with one attached hydrogen (secondary N) is 1. The highest BCUT2D eigenvalue weighted by molar-refractivity contribution is 7.94. The summed E-state index contributed by atoms with van der Waals surface area (Å²) in [6, 6.07) is -0.334. The van der Waals surface area contributed by atoms with Crippen molar-refractivity contribution in [3.05, 3.63) is 11.5 Å². The average Bonchev–Trinajstić information content (AvgIpc) is 2.72. The van der Waals surface area contributed by atoms with Gasteiger partial charge in [0.1, 0.15) is 6.10 Å². The molecule has 1 aliphatic heterocycles. The van der Waals surface area contributed by atoms with Crippen LogP contribution in [0.4, 0.5) is 0 Å². The summed E-state index contributed by atoms with van der Waals surface area (Å²) in [7, 11) is -3.10. The van der Waals surface area contributed by atoms with Crippen LogP contribution in [-0.4, -0.2) is 50.6 Å². The number of rotatable bonds is 8. The Bertz CT molecular complexity index is 439. The Kier molecular flexibility index (Phi) is 7.79. The molecule has 0 aromatic rings. The largest absolute Gasteiger partial charge is 0.466 e. The normalized spacial score (nSPS) is 21.6. The minimum absolute atomic E-state index is 0.00164. The van der Waals surface area contributed by atoms with Crippen molar-refractivity contribution in [2.45, 2.75) is 31.9 Å². The lowest BCUT2D eigenvalue weighted by atomic mass is 10.3. The zero-order valence-corrected chi connectivity index (χ0v) is 13.8. The van der Waals surface area contributed by atoms with Crippen LogP contribution in [0, 0.1) is 0 Å². The summed E-state index contributed by atoms with van der Waals surface area (Å²) in [5.74, 6) is 0.303. The summed E-state index contributed by atoms with van der Waals surface area (Å²) in [6.45, 7) is 3.31. The first-order valence-electron chi connectivity index (χ1n) is 6.48. The van der Waals surface area contributed by atoms with Gasteiger partial charge in [0.25, 0.3) is 5.17 Å². The lowest BCUT2D eigenvalue weighted by molar-refractivity contribution is 0.0947. The molecule has 1 N–H and O–H groups in total. The molecule has 2 unspecified atom stereocenters. The molecule has 20 heavy (non-hydrogen) atoms. The topological polar surface area (TPSA) is 64.6 Å². The molecule has 0 saturated carbocycles.